The molecule has 7 nitrogen and oxygen atoms in total. The van der Waals surface area contributed by atoms with Gasteiger partial charge in [-0.3, -0.25) is 14.6 Å². The number of likely N-dealkylation sites (tertiary alicyclic amines) is 1. The molecule has 0 radical (unpaired) electrons. The van der Waals surface area contributed by atoms with E-state index in [9.17, 15) is 4.79 Å². The van der Waals surface area contributed by atoms with Crippen LogP contribution in [0.25, 0.3) is 0 Å². The van der Waals surface area contributed by atoms with Gasteiger partial charge < -0.3 is 9.42 Å². The van der Waals surface area contributed by atoms with Crippen molar-refractivity contribution in [2.45, 2.75) is 59.0 Å². The van der Waals surface area contributed by atoms with Crippen molar-refractivity contribution >= 4 is 5.91 Å². The Morgan fingerprint density at radius 1 is 1.15 bits per heavy atom. The van der Waals surface area contributed by atoms with E-state index in [4.69, 9.17) is 4.52 Å². The highest BCUT2D eigenvalue weighted by Crippen LogP contribution is 2.17. The van der Waals surface area contributed by atoms with Gasteiger partial charge in [0.15, 0.2) is 5.82 Å². The highest BCUT2D eigenvalue weighted by molar-refractivity contribution is 5.78. The van der Waals surface area contributed by atoms with Gasteiger partial charge in [-0.25, -0.2) is 0 Å². The first-order chi connectivity index (χ1) is 12.5. The molecule has 0 aromatic carbocycles. The molecule has 1 unspecified atom stereocenters. The molecule has 0 N–H and O–H groups in total. The second kappa shape index (κ2) is 8.95. The van der Waals surface area contributed by atoms with Crippen LogP contribution in [0, 0.1) is 5.92 Å². The van der Waals surface area contributed by atoms with Gasteiger partial charge in [0.1, 0.15) is 0 Å². The summed E-state index contributed by atoms with van der Waals surface area (Å²) in [5, 5.41) is 4.06. The number of amides is 1. The Bertz CT molecular complexity index is 580. The molecule has 7 heteroatoms. The van der Waals surface area contributed by atoms with Crippen LogP contribution in [0.1, 0.15) is 51.7 Å². The summed E-state index contributed by atoms with van der Waals surface area (Å²) in [7, 11) is 0. The van der Waals surface area contributed by atoms with E-state index in [-0.39, 0.29) is 0 Å². The topological polar surface area (TPSA) is 65.7 Å². The molecule has 26 heavy (non-hydrogen) atoms. The van der Waals surface area contributed by atoms with Crippen LogP contribution in [-0.2, 0) is 17.8 Å². The van der Waals surface area contributed by atoms with E-state index in [1.165, 1.54) is 6.42 Å². The van der Waals surface area contributed by atoms with Crippen molar-refractivity contribution in [3.63, 3.8) is 0 Å². The average molecular weight is 364 g/mol. The van der Waals surface area contributed by atoms with E-state index < -0.39 is 0 Å². The Morgan fingerprint density at radius 3 is 2.58 bits per heavy atom. The zero-order valence-corrected chi connectivity index (χ0v) is 16.5. The number of rotatable bonds is 6. The number of nitrogens with zero attached hydrogens (tertiary/aromatic N) is 5. The van der Waals surface area contributed by atoms with Crippen molar-refractivity contribution < 1.29 is 9.32 Å². The number of hydrogen-bond donors (Lipinski definition) is 0. The molecule has 2 fully saturated rings. The van der Waals surface area contributed by atoms with Crippen molar-refractivity contribution in [2.24, 2.45) is 5.92 Å². The van der Waals surface area contributed by atoms with E-state index in [0.717, 1.165) is 57.8 Å². The number of piperidine rings is 1. The Labute approximate surface area is 156 Å². The lowest BCUT2D eigenvalue weighted by Crippen LogP contribution is -2.51. The van der Waals surface area contributed by atoms with Crippen molar-refractivity contribution in [1.82, 2.24) is 24.8 Å². The van der Waals surface area contributed by atoms with Crippen molar-refractivity contribution in [1.29, 1.82) is 0 Å². The lowest BCUT2D eigenvalue weighted by Gasteiger charge is -2.37. The summed E-state index contributed by atoms with van der Waals surface area (Å²) >= 11 is 0. The predicted octanol–water partition coefficient (Wildman–Crippen LogP) is 1.79. The van der Waals surface area contributed by atoms with Gasteiger partial charge >= 0.3 is 0 Å². The molecule has 0 spiro atoms. The van der Waals surface area contributed by atoms with Gasteiger partial charge in [-0.2, -0.15) is 4.98 Å². The van der Waals surface area contributed by atoms with E-state index in [2.05, 4.69) is 45.6 Å². The molecule has 3 rings (SSSR count). The van der Waals surface area contributed by atoms with E-state index in [1.807, 2.05) is 0 Å². The fourth-order valence-electron chi connectivity index (χ4n) is 3.85. The van der Waals surface area contributed by atoms with Gasteiger partial charge in [0, 0.05) is 45.2 Å². The van der Waals surface area contributed by atoms with Gasteiger partial charge in [-0.05, 0) is 32.1 Å². The lowest BCUT2D eigenvalue weighted by atomic mass is 10.0. The number of piperazine rings is 1. The van der Waals surface area contributed by atoms with Crippen molar-refractivity contribution in [3.8, 4) is 0 Å². The zero-order chi connectivity index (χ0) is 18.5. The lowest BCUT2D eigenvalue weighted by molar-refractivity contribution is -0.136. The van der Waals surface area contributed by atoms with Crippen LogP contribution in [0.3, 0.4) is 0 Å². The number of carbonyl (C=O) groups excluding carboxylic acids is 1. The first kappa shape index (κ1) is 19.3. The minimum absolute atomic E-state index is 0.292. The van der Waals surface area contributed by atoms with Crippen molar-refractivity contribution in [3.05, 3.63) is 11.7 Å². The number of hydrogen-bond acceptors (Lipinski definition) is 6. The molecule has 1 amide bonds. The van der Waals surface area contributed by atoms with Crippen LogP contribution in [0.5, 0.6) is 0 Å². The zero-order valence-electron chi connectivity index (χ0n) is 16.5. The van der Waals surface area contributed by atoms with Crippen LogP contribution in [0.2, 0.25) is 0 Å². The summed E-state index contributed by atoms with van der Waals surface area (Å²) in [6, 6.07) is 0.398. The summed E-state index contributed by atoms with van der Waals surface area (Å²) in [4.78, 5) is 23.7. The highest BCUT2D eigenvalue weighted by Gasteiger charge is 2.26. The second-order valence-electron chi connectivity index (χ2n) is 8.19. The average Bonchev–Trinajstić information content (AvgIpc) is 3.03. The Morgan fingerprint density at radius 2 is 1.88 bits per heavy atom. The van der Waals surface area contributed by atoms with Gasteiger partial charge in [0.25, 0.3) is 0 Å². The van der Waals surface area contributed by atoms with Gasteiger partial charge in [-0.15, -0.1) is 0 Å². The van der Waals surface area contributed by atoms with Crippen LogP contribution in [-0.4, -0.2) is 76.1 Å². The van der Waals surface area contributed by atoms with Gasteiger partial charge in [0.2, 0.25) is 11.8 Å². The predicted molar refractivity (Wildman–Crippen MR) is 99.6 cm³/mol. The molecule has 1 aromatic rings. The molecule has 0 bridgehead atoms. The quantitative estimate of drug-likeness (QED) is 0.768. The molecule has 2 aliphatic heterocycles. The number of aromatic nitrogens is 2. The smallest absolute Gasteiger partial charge is 0.240 e. The molecule has 1 atom stereocenters. The molecular weight excluding hydrogens is 330 g/mol. The second-order valence-corrected chi connectivity index (χ2v) is 8.19. The summed E-state index contributed by atoms with van der Waals surface area (Å²) in [6.07, 6.45) is 4.39. The van der Waals surface area contributed by atoms with Gasteiger partial charge in [-0.1, -0.05) is 19.0 Å². The summed E-state index contributed by atoms with van der Waals surface area (Å²) in [5.74, 6) is 2.33. The maximum absolute atomic E-state index is 12.6. The summed E-state index contributed by atoms with van der Waals surface area (Å²) in [5.41, 5.74) is 0. The summed E-state index contributed by atoms with van der Waals surface area (Å²) in [6.45, 7) is 12.4. The van der Waals surface area contributed by atoms with Gasteiger partial charge in [0.05, 0.1) is 13.1 Å². The minimum atomic E-state index is 0.292. The third-order valence-corrected chi connectivity index (χ3v) is 5.41. The molecule has 0 aliphatic carbocycles. The van der Waals surface area contributed by atoms with E-state index >= 15 is 0 Å². The third kappa shape index (κ3) is 5.27. The molecule has 2 aliphatic rings. The Balaban J connectivity index is 1.41. The largest absolute Gasteiger partial charge is 0.339 e. The monoisotopic (exact) mass is 363 g/mol. The third-order valence-electron chi connectivity index (χ3n) is 5.41. The fourth-order valence-corrected chi connectivity index (χ4v) is 3.85. The standard InChI is InChI=1S/C19H33N5O2/c1-15(2)12-17-20-18(26-21-17)13-22-8-10-23(11-9-22)14-19(25)24-7-5-4-6-16(24)3/h15-16H,4-14H2,1-3H3. The van der Waals surface area contributed by atoms with Crippen LogP contribution >= 0.6 is 0 Å². The maximum atomic E-state index is 12.6. The van der Waals surface area contributed by atoms with Crippen LogP contribution < -0.4 is 0 Å². The molecule has 3 heterocycles. The maximum Gasteiger partial charge on any atom is 0.240 e. The minimum Gasteiger partial charge on any atom is -0.339 e. The molecule has 2 saturated heterocycles. The van der Waals surface area contributed by atoms with Crippen molar-refractivity contribution in [2.75, 3.05) is 39.3 Å². The first-order valence-corrected chi connectivity index (χ1v) is 10.1. The van der Waals surface area contributed by atoms with E-state index in [0.29, 0.717) is 36.8 Å². The normalized spacial score (nSPS) is 22.9. The number of carbonyl (C=O) groups is 1. The van der Waals surface area contributed by atoms with E-state index in [1.54, 1.807) is 0 Å². The molecular formula is C19H33N5O2. The first-order valence-electron chi connectivity index (χ1n) is 10.1. The SMILES string of the molecule is CC(C)Cc1noc(CN2CCN(CC(=O)N3CCCCC3C)CC2)n1. The van der Waals surface area contributed by atoms with Crippen LogP contribution in [0.4, 0.5) is 0 Å². The van der Waals surface area contributed by atoms with Crippen LogP contribution in [0.15, 0.2) is 4.52 Å². The Hall–Kier alpha value is -1.47. The fraction of sp³-hybridized carbons (Fsp3) is 0.842. The highest BCUT2D eigenvalue weighted by atomic mass is 16.5. The Kier molecular flexibility index (Phi) is 6.64. The molecule has 1 aromatic heterocycles. The molecule has 146 valence electrons. The summed E-state index contributed by atoms with van der Waals surface area (Å²) < 4.78 is 5.37. The molecule has 0 saturated carbocycles.